The van der Waals surface area contributed by atoms with Gasteiger partial charge in [0, 0.05) is 45.7 Å². The molecule has 0 bridgehead atoms. The number of hydrogen-bond acceptors (Lipinski definition) is 3. The molecule has 1 heterocycles. The molecule has 1 fully saturated rings. The van der Waals surface area contributed by atoms with Gasteiger partial charge in [-0.05, 0) is 36.6 Å². The second kappa shape index (κ2) is 10.4. The molecular formula is C24H33N3O. The van der Waals surface area contributed by atoms with Crippen LogP contribution in [-0.4, -0.2) is 48.4 Å². The Morgan fingerprint density at radius 2 is 1.43 bits per heavy atom. The number of aryl methyl sites for hydroxylation is 2. The summed E-state index contributed by atoms with van der Waals surface area (Å²) in [6.45, 7) is 11.7. The van der Waals surface area contributed by atoms with Crippen molar-refractivity contribution >= 4 is 5.91 Å². The number of piperazine rings is 1. The molecule has 0 unspecified atom stereocenters. The summed E-state index contributed by atoms with van der Waals surface area (Å²) in [6, 6.07) is 17.1. The molecule has 2 aromatic rings. The SMILES string of the molecule is CCN1CCN(Cc2ccc(CNC(=O)CCc3ccc(C)cc3)cc2)CC1. The average Bonchev–Trinajstić information content (AvgIpc) is 2.73. The van der Waals surface area contributed by atoms with Crippen molar-refractivity contribution in [3.63, 3.8) is 0 Å². The molecule has 4 nitrogen and oxygen atoms in total. The van der Waals surface area contributed by atoms with E-state index in [9.17, 15) is 4.79 Å². The number of carbonyl (C=O) groups is 1. The first-order valence-corrected chi connectivity index (χ1v) is 10.5. The zero-order valence-electron chi connectivity index (χ0n) is 17.3. The number of nitrogens with zero attached hydrogens (tertiary/aromatic N) is 2. The van der Waals surface area contributed by atoms with Gasteiger partial charge in [-0.2, -0.15) is 0 Å². The predicted molar refractivity (Wildman–Crippen MR) is 115 cm³/mol. The second-order valence-electron chi connectivity index (χ2n) is 7.79. The lowest BCUT2D eigenvalue weighted by Crippen LogP contribution is -2.45. The summed E-state index contributed by atoms with van der Waals surface area (Å²) in [5.41, 5.74) is 4.97. The molecule has 0 radical (unpaired) electrons. The van der Waals surface area contributed by atoms with Crippen LogP contribution >= 0.6 is 0 Å². The molecule has 0 atom stereocenters. The third-order valence-corrected chi connectivity index (χ3v) is 5.59. The van der Waals surface area contributed by atoms with Gasteiger partial charge >= 0.3 is 0 Å². The molecule has 1 saturated heterocycles. The Kier molecular flexibility index (Phi) is 7.63. The van der Waals surface area contributed by atoms with Crippen molar-refractivity contribution in [3.8, 4) is 0 Å². The molecule has 3 rings (SSSR count). The first-order chi connectivity index (χ1) is 13.6. The van der Waals surface area contributed by atoms with E-state index in [1.54, 1.807) is 0 Å². The summed E-state index contributed by atoms with van der Waals surface area (Å²) in [6.07, 6.45) is 1.32. The van der Waals surface area contributed by atoms with Crippen LogP contribution in [0.5, 0.6) is 0 Å². The van der Waals surface area contributed by atoms with Crippen molar-refractivity contribution in [2.45, 2.75) is 39.8 Å². The van der Waals surface area contributed by atoms with Gasteiger partial charge in [-0.1, -0.05) is 61.0 Å². The number of carbonyl (C=O) groups excluding carboxylic acids is 1. The lowest BCUT2D eigenvalue weighted by Gasteiger charge is -2.34. The molecule has 0 aliphatic carbocycles. The van der Waals surface area contributed by atoms with Gasteiger partial charge in [0.25, 0.3) is 0 Å². The van der Waals surface area contributed by atoms with Crippen LogP contribution in [0.4, 0.5) is 0 Å². The van der Waals surface area contributed by atoms with Gasteiger partial charge in [-0.15, -0.1) is 0 Å². The number of hydrogen-bond donors (Lipinski definition) is 1. The van der Waals surface area contributed by atoms with E-state index in [-0.39, 0.29) is 5.91 Å². The van der Waals surface area contributed by atoms with E-state index >= 15 is 0 Å². The number of likely N-dealkylation sites (N-methyl/N-ethyl adjacent to an activating group) is 1. The van der Waals surface area contributed by atoms with Crippen LogP contribution in [0.2, 0.25) is 0 Å². The van der Waals surface area contributed by atoms with Crippen molar-refractivity contribution in [2.75, 3.05) is 32.7 Å². The smallest absolute Gasteiger partial charge is 0.220 e. The standard InChI is InChI=1S/C24H33N3O/c1-3-26-14-16-27(17-15-26)19-23-10-8-22(9-11-23)18-25-24(28)13-12-21-6-4-20(2)5-7-21/h4-11H,3,12-19H2,1-2H3,(H,25,28). The quantitative estimate of drug-likeness (QED) is 0.764. The lowest BCUT2D eigenvalue weighted by molar-refractivity contribution is -0.121. The maximum Gasteiger partial charge on any atom is 0.220 e. The molecule has 0 spiro atoms. The zero-order chi connectivity index (χ0) is 19.8. The van der Waals surface area contributed by atoms with E-state index in [4.69, 9.17) is 0 Å². The van der Waals surface area contributed by atoms with Crippen LogP contribution in [0, 0.1) is 6.92 Å². The summed E-state index contributed by atoms with van der Waals surface area (Å²) in [5, 5.41) is 3.04. The van der Waals surface area contributed by atoms with Gasteiger partial charge < -0.3 is 10.2 Å². The van der Waals surface area contributed by atoms with Crippen LogP contribution in [-0.2, 0) is 24.3 Å². The van der Waals surface area contributed by atoms with E-state index in [0.29, 0.717) is 13.0 Å². The highest BCUT2D eigenvalue weighted by molar-refractivity contribution is 5.76. The Hall–Kier alpha value is -2.17. The molecule has 4 heteroatoms. The fraction of sp³-hybridized carbons (Fsp3) is 0.458. The van der Waals surface area contributed by atoms with Crippen molar-refractivity contribution < 1.29 is 4.79 Å². The van der Waals surface area contributed by atoms with E-state index in [0.717, 1.165) is 38.2 Å². The summed E-state index contributed by atoms with van der Waals surface area (Å²) in [5.74, 6) is 0.110. The average molecular weight is 380 g/mol. The van der Waals surface area contributed by atoms with E-state index in [1.807, 2.05) is 0 Å². The Morgan fingerprint density at radius 3 is 2.07 bits per heavy atom. The minimum atomic E-state index is 0.110. The monoisotopic (exact) mass is 379 g/mol. The van der Waals surface area contributed by atoms with Crippen molar-refractivity contribution in [2.24, 2.45) is 0 Å². The molecule has 1 N–H and O–H groups in total. The molecule has 0 saturated carbocycles. The van der Waals surface area contributed by atoms with Crippen LogP contribution in [0.25, 0.3) is 0 Å². The fourth-order valence-electron chi connectivity index (χ4n) is 3.59. The first-order valence-electron chi connectivity index (χ1n) is 10.5. The summed E-state index contributed by atoms with van der Waals surface area (Å²) < 4.78 is 0. The highest BCUT2D eigenvalue weighted by atomic mass is 16.1. The third kappa shape index (κ3) is 6.47. The minimum absolute atomic E-state index is 0.110. The van der Waals surface area contributed by atoms with Gasteiger partial charge in [0.05, 0.1) is 0 Å². The normalized spacial score (nSPS) is 15.5. The van der Waals surface area contributed by atoms with Gasteiger partial charge in [0.2, 0.25) is 5.91 Å². The Labute approximate surface area is 169 Å². The molecule has 0 aromatic heterocycles. The third-order valence-electron chi connectivity index (χ3n) is 5.59. The molecule has 150 valence electrons. The first kappa shape index (κ1) is 20.6. The van der Waals surface area contributed by atoms with Crippen molar-refractivity contribution in [1.82, 2.24) is 15.1 Å². The Morgan fingerprint density at radius 1 is 0.857 bits per heavy atom. The number of nitrogens with one attached hydrogen (secondary N) is 1. The maximum absolute atomic E-state index is 12.1. The Balaban J connectivity index is 1.38. The highest BCUT2D eigenvalue weighted by Gasteiger charge is 2.15. The van der Waals surface area contributed by atoms with E-state index < -0.39 is 0 Å². The maximum atomic E-state index is 12.1. The van der Waals surface area contributed by atoms with Gasteiger partial charge in [0.15, 0.2) is 0 Å². The number of amides is 1. The van der Waals surface area contributed by atoms with Crippen LogP contribution in [0.3, 0.4) is 0 Å². The Bertz CT molecular complexity index is 731. The fourth-order valence-corrected chi connectivity index (χ4v) is 3.59. The van der Waals surface area contributed by atoms with Crippen LogP contribution < -0.4 is 5.32 Å². The van der Waals surface area contributed by atoms with Gasteiger partial charge in [0.1, 0.15) is 0 Å². The number of benzene rings is 2. The van der Waals surface area contributed by atoms with E-state index in [2.05, 4.69) is 77.5 Å². The minimum Gasteiger partial charge on any atom is -0.352 e. The molecule has 2 aromatic carbocycles. The summed E-state index contributed by atoms with van der Waals surface area (Å²) in [4.78, 5) is 17.1. The molecule has 1 aliphatic rings. The predicted octanol–water partition coefficient (Wildman–Crippen LogP) is 3.38. The largest absolute Gasteiger partial charge is 0.352 e. The molecule has 28 heavy (non-hydrogen) atoms. The van der Waals surface area contributed by atoms with Gasteiger partial charge in [-0.25, -0.2) is 0 Å². The molecule has 1 aliphatic heterocycles. The van der Waals surface area contributed by atoms with E-state index in [1.165, 1.54) is 29.8 Å². The summed E-state index contributed by atoms with van der Waals surface area (Å²) in [7, 11) is 0. The zero-order valence-corrected chi connectivity index (χ0v) is 17.3. The lowest BCUT2D eigenvalue weighted by atomic mass is 10.1. The second-order valence-corrected chi connectivity index (χ2v) is 7.79. The summed E-state index contributed by atoms with van der Waals surface area (Å²) >= 11 is 0. The molecule has 1 amide bonds. The van der Waals surface area contributed by atoms with Crippen molar-refractivity contribution in [3.05, 3.63) is 70.8 Å². The number of rotatable bonds is 8. The van der Waals surface area contributed by atoms with Gasteiger partial charge in [-0.3, -0.25) is 9.69 Å². The van der Waals surface area contributed by atoms with Crippen LogP contribution in [0.1, 0.15) is 35.6 Å². The highest BCUT2D eigenvalue weighted by Crippen LogP contribution is 2.11. The topological polar surface area (TPSA) is 35.6 Å². The van der Waals surface area contributed by atoms with Crippen LogP contribution in [0.15, 0.2) is 48.5 Å². The molecular weight excluding hydrogens is 346 g/mol. The van der Waals surface area contributed by atoms with Crippen molar-refractivity contribution in [1.29, 1.82) is 0 Å².